The Bertz CT molecular complexity index is 552. The fourth-order valence-corrected chi connectivity index (χ4v) is 3.41. The van der Waals surface area contributed by atoms with Gasteiger partial charge in [0.15, 0.2) is 0 Å². The van der Waals surface area contributed by atoms with Gasteiger partial charge in [0, 0.05) is 30.2 Å². The van der Waals surface area contributed by atoms with E-state index >= 15 is 0 Å². The topological polar surface area (TPSA) is 28.2 Å². The van der Waals surface area contributed by atoms with Crippen LogP contribution in [0.25, 0.3) is 0 Å². The molecule has 2 heterocycles. The molecule has 1 aromatic carbocycles. The molecule has 20 heavy (non-hydrogen) atoms. The maximum atomic E-state index is 4.56. The summed E-state index contributed by atoms with van der Waals surface area (Å²) < 4.78 is 0. The normalized spacial score (nSPS) is 18.4. The highest BCUT2D eigenvalue weighted by Gasteiger charge is 2.19. The summed E-state index contributed by atoms with van der Waals surface area (Å²) in [4.78, 5) is 6.99. The number of fused-ring (bicyclic) bond motifs is 1. The van der Waals surface area contributed by atoms with E-state index in [1.165, 1.54) is 23.4 Å². The molecule has 3 rings (SSSR count). The average molecular weight is 287 g/mol. The van der Waals surface area contributed by atoms with E-state index in [9.17, 15) is 0 Å². The van der Waals surface area contributed by atoms with Gasteiger partial charge >= 0.3 is 0 Å². The first-order valence-corrected chi connectivity index (χ1v) is 8.03. The number of nitrogens with one attached hydrogen (secondary N) is 1. The number of thiazole rings is 1. The maximum Gasteiger partial charge on any atom is 0.0897 e. The lowest BCUT2D eigenvalue weighted by atomic mass is 10.1. The van der Waals surface area contributed by atoms with Gasteiger partial charge in [-0.3, -0.25) is 4.90 Å². The largest absolute Gasteiger partial charge is 0.383 e. The summed E-state index contributed by atoms with van der Waals surface area (Å²) in [6.45, 7) is 4.02. The molecule has 0 amide bonds. The molecule has 0 fully saturated rings. The smallest absolute Gasteiger partial charge is 0.0897 e. The number of aromatic nitrogens is 1. The lowest BCUT2D eigenvalue weighted by molar-refractivity contribution is 0.231. The highest BCUT2D eigenvalue weighted by Crippen LogP contribution is 2.23. The van der Waals surface area contributed by atoms with E-state index in [1.54, 1.807) is 11.3 Å². The zero-order chi connectivity index (χ0) is 13.9. The third-order valence-corrected chi connectivity index (χ3v) is 4.82. The minimum Gasteiger partial charge on any atom is -0.383 e. The van der Waals surface area contributed by atoms with Crippen molar-refractivity contribution in [2.75, 3.05) is 18.9 Å². The minimum absolute atomic E-state index is 0.560. The Kier molecular flexibility index (Phi) is 4.03. The Labute approximate surface area is 124 Å². The minimum atomic E-state index is 0.560. The zero-order valence-corrected chi connectivity index (χ0v) is 12.9. The van der Waals surface area contributed by atoms with Crippen LogP contribution in [0.1, 0.15) is 22.7 Å². The van der Waals surface area contributed by atoms with Gasteiger partial charge in [-0.2, -0.15) is 0 Å². The lowest BCUT2D eigenvalue weighted by Crippen LogP contribution is -2.36. The molecule has 4 heteroatoms. The summed E-state index contributed by atoms with van der Waals surface area (Å²) in [7, 11) is 2.21. The van der Waals surface area contributed by atoms with Gasteiger partial charge in [-0.15, -0.1) is 11.3 Å². The Morgan fingerprint density at radius 3 is 3.05 bits per heavy atom. The van der Waals surface area contributed by atoms with Crippen LogP contribution >= 0.6 is 11.3 Å². The Morgan fingerprint density at radius 1 is 1.40 bits per heavy atom. The van der Waals surface area contributed by atoms with Crippen LogP contribution in [0.15, 0.2) is 29.6 Å². The second-order valence-corrected chi connectivity index (χ2v) is 6.57. The monoisotopic (exact) mass is 287 g/mol. The van der Waals surface area contributed by atoms with Crippen molar-refractivity contribution in [3.8, 4) is 0 Å². The Hall–Kier alpha value is -1.39. The third kappa shape index (κ3) is 3.02. The second-order valence-electron chi connectivity index (χ2n) is 5.50. The number of anilines is 1. The summed E-state index contributed by atoms with van der Waals surface area (Å²) in [5.74, 6) is 0. The summed E-state index contributed by atoms with van der Waals surface area (Å²) >= 11 is 1.73. The fraction of sp³-hybridized carbons (Fsp3) is 0.438. The van der Waals surface area contributed by atoms with E-state index in [4.69, 9.17) is 0 Å². The van der Waals surface area contributed by atoms with Crippen LogP contribution in [0.3, 0.4) is 0 Å². The van der Waals surface area contributed by atoms with Crippen LogP contribution in [-0.4, -0.2) is 29.5 Å². The van der Waals surface area contributed by atoms with Crippen LogP contribution < -0.4 is 5.32 Å². The molecule has 1 aromatic heterocycles. The van der Waals surface area contributed by atoms with Crippen molar-refractivity contribution in [3.05, 3.63) is 45.9 Å². The van der Waals surface area contributed by atoms with E-state index in [0.717, 1.165) is 24.5 Å². The Morgan fingerprint density at radius 2 is 2.25 bits per heavy atom. The lowest BCUT2D eigenvalue weighted by Gasteiger charge is -2.26. The van der Waals surface area contributed by atoms with Crippen LogP contribution in [0, 0.1) is 6.92 Å². The van der Waals surface area contributed by atoms with Crippen molar-refractivity contribution < 1.29 is 0 Å². The molecule has 1 aliphatic heterocycles. The van der Waals surface area contributed by atoms with Gasteiger partial charge in [0.2, 0.25) is 0 Å². The fourth-order valence-electron chi connectivity index (χ4n) is 2.80. The maximum absolute atomic E-state index is 4.56. The van der Waals surface area contributed by atoms with Crippen molar-refractivity contribution in [3.63, 3.8) is 0 Å². The van der Waals surface area contributed by atoms with Crippen LogP contribution in [0.4, 0.5) is 5.69 Å². The molecule has 1 unspecified atom stereocenters. The molecular formula is C16H21N3S. The number of nitrogens with zero attached hydrogens (tertiary/aromatic N) is 2. The van der Waals surface area contributed by atoms with E-state index in [1.807, 2.05) is 0 Å². The summed E-state index contributed by atoms with van der Waals surface area (Å²) in [5.41, 5.74) is 3.93. The highest BCUT2D eigenvalue weighted by molar-refractivity contribution is 7.09. The van der Waals surface area contributed by atoms with E-state index in [-0.39, 0.29) is 0 Å². The number of hydrogen-bond donors (Lipinski definition) is 1. The summed E-state index contributed by atoms with van der Waals surface area (Å²) in [6, 6.07) is 9.21. The van der Waals surface area contributed by atoms with Crippen molar-refractivity contribution >= 4 is 17.0 Å². The molecule has 106 valence electrons. The molecule has 3 nitrogen and oxygen atoms in total. The van der Waals surface area contributed by atoms with Crippen molar-refractivity contribution in [2.24, 2.45) is 0 Å². The SMILES string of the molecule is Cc1nc(CN(C)C2CCc3ccccc3NC2)cs1. The molecule has 0 radical (unpaired) electrons. The van der Waals surface area contributed by atoms with Crippen molar-refractivity contribution in [1.82, 2.24) is 9.88 Å². The van der Waals surface area contributed by atoms with E-state index < -0.39 is 0 Å². The van der Waals surface area contributed by atoms with Gasteiger partial charge in [-0.05, 0) is 38.4 Å². The zero-order valence-electron chi connectivity index (χ0n) is 12.1. The quantitative estimate of drug-likeness (QED) is 0.938. The number of hydrogen-bond acceptors (Lipinski definition) is 4. The number of aryl methyl sites for hydroxylation is 2. The molecule has 1 aliphatic rings. The predicted octanol–water partition coefficient (Wildman–Crippen LogP) is 3.31. The summed E-state index contributed by atoms with van der Waals surface area (Å²) in [5, 5.41) is 6.91. The van der Waals surface area contributed by atoms with Crippen molar-refractivity contribution in [1.29, 1.82) is 0 Å². The van der Waals surface area contributed by atoms with Crippen LogP contribution in [-0.2, 0) is 13.0 Å². The highest BCUT2D eigenvalue weighted by atomic mass is 32.1. The van der Waals surface area contributed by atoms with Crippen LogP contribution in [0.2, 0.25) is 0 Å². The average Bonchev–Trinajstić information content (AvgIpc) is 2.74. The standard InChI is InChI=1S/C16H21N3S/c1-12-18-14(11-20-12)10-19(2)15-8-7-13-5-3-4-6-16(13)17-9-15/h3-6,11,15,17H,7-10H2,1-2H3. The number of benzene rings is 1. The van der Waals surface area contributed by atoms with Gasteiger partial charge in [0.1, 0.15) is 0 Å². The molecule has 1 atom stereocenters. The first kappa shape index (κ1) is 13.6. The summed E-state index contributed by atoms with van der Waals surface area (Å²) in [6.07, 6.45) is 2.35. The number of likely N-dealkylation sites (N-methyl/N-ethyl adjacent to an activating group) is 1. The number of para-hydroxylation sites is 1. The molecule has 0 saturated carbocycles. The van der Waals surface area contributed by atoms with Gasteiger partial charge in [0.25, 0.3) is 0 Å². The van der Waals surface area contributed by atoms with Crippen LogP contribution in [0.5, 0.6) is 0 Å². The first-order chi connectivity index (χ1) is 9.72. The molecule has 0 saturated heterocycles. The molecule has 0 spiro atoms. The van der Waals surface area contributed by atoms with Gasteiger partial charge in [-0.25, -0.2) is 4.98 Å². The predicted molar refractivity (Wildman–Crippen MR) is 85.4 cm³/mol. The third-order valence-electron chi connectivity index (χ3n) is 3.99. The van der Waals surface area contributed by atoms with Gasteiger partial charge < -0.3 is 5.32 Å². The Balaban J connectivity index is 1.64. The van der Waals surface area contributed by atoms with Gasteiger partial charge in [-0.1, -0.05) is 18.2 Å². The van der Waals surface area contributed by atoms with Gasteiger partial charge in [0.05, 0.1) is 10.7 Å². The molecule has 0 bridgehead atoms. The molecule has 1 N–H and O–H groups in total. The second kappa shape index (κ2) is 5.94. The first-order valence-electron chi connectivity index (χ1n) is 7.15. The number of rotatable bonds is 3. The van der Waals surface area contributed by atoms with E-state index in [2.05, 4.69) is 58.8 Å². The van der Waals surface area contributed by atoms with E-state index in [0.29, 0.717) is 6.04 Å². The molecule has 0 aliphatic carbocycles. The molecular weight excluding hydrogens is 266 g/mol. The van der Waals surface area contributed by atoms with Crippen molar-refractivity contribution in [2.45, 2.75) is 32.4 Å². The molecule has 2 aromatic rings.